The number of aliphatic carboxylic acids is 1. The zero-order valence-corrected chi connectivity index (χ0v) is 11.1. The predicted molar refractivity (Wildman–Crippen MR) is 69.5 cm³/mol. The van der Waals surface area contributed by atoms with Crippen LogP contribution in [0.3, 0.4) is 0 Å². The lowest BCUT2D eigenvalue weighted by Gasteiger charge is -2.34. The Morgan fingerprint density at radius 1 is 1.37 bits per heavy atom. The second kappa shape index (κ2) is 5.70. The van der Waals surface area contributed by atoms with Crippen LogP contribution in [0.5, 0.6) is 0 Å². The second-order valence-corrected chi connectivity index (χ2v) is 5.20. The Morgan fingerprint density at radius 2 is 2.05 bits per heavy atom. The van der Waals surface area contributed by atoms with E-state index in [-0.39, 0.29) is 0 Å². The van der Waals surface area contributed by atoms with Crippen LogP contribution in [0, 0.1) is 5.82 Å². The Bertz CT molecular complexity index is 464. The third kappa shape index (κ3) is 2.63. The zero-order valence-electron chi connectivity index (χ0n) is 11.1. The van der Waals surface area contributed by atoms with E-state index < -0.39 is 17.2 Å². The van der Waals surface area contributed by atoms with Crippen molar-refractivity contribution < 1.29 is 19.0 Å². The average molecular weight is 266 g/mol. The number of hydrogen-bond acceptors (Lipinski definition) is 2. The van der Waals surface area contributed by atoms with Gasteiger partial charge in [-0.3, -0.25) is 4.79 Å². The number of carbonyl (C=O) groups is 1. The van der Waals surface area contributed by atoms with E-state index in [1.807, 2.05) is 0 Å². The number of carboxylic acids is 1. The summed E-state index contributed by atoms with van der Waals surface area (Å²) in [5.41, 5.74) is 0.0610. The molecule has 1 aromatic rings. The molecule has 104 valence electrons. The molecule has 0 amide bonds. The minimum Gasteiger partial charge on any atom is -0.481 e. The highest BCUT2D eigenvalue weighted by atomic mass is 19.1. The summed E-state index contributed by atoms with van der Waals surface area (Å²) in [6.07, 6.45) is 3.71. The molecule has 1 aliphatic rings. The molecule has 0 aliphatic heterocycles. The highest BCUT2D eigenvalue weighted by Gasteiger charge is 2.43. The first kappa shape index (κ1) is 14.0. The van der Waals surface area contributed by atoms with Gasteiger partial charge in [-0.25, -0.2) is 4.39 Å². The van der Waals surface area contributed by atoms with Crippen LogP contribution in [0.25, 0.3) is 0 Å². The largest absolute Gasteiger partial charge is 0.481 e. The van der Waals surface area contributed by atoms with Crippen molar-refractivity contribution in [3.63, 3.8) is 0 Å². The summed E-state index contributed by atoms with van der Waals surface area (Å²) in [5.74, 6) is -1.34. The van der Waals surface area contributed by atoms with Gasteiger partial charge in [-0.15, -0.1) is 0 Å². The lowest BCUT2D eigenvalue weighted by atomic mass is 9.69. The van der Waals surface area contributed by atoms with Crippen molar-refractivity contribution in [2.75, 3.05) is 7.11 Å². The molecular formula is C15H19FO3. The van der Waals surface area contributed by atoms with Crippen LogP contribution >= 0.6 is 0 Å². The Morgan fingerprint density at radius 3 is 2.63 bits per heavy atom. The van der Waals surface area contributed by atoms with E-state index in [1.165, 1.54) is 6.07 Å². The van der Waals surface area contributed by atoms with Crippen molar-refractivity contribution in [2.24, 2.45) is 0 Å². The molecule has 1 aromatic carbocycles. The van der Waals surface area contributed by atoms with E-state index in [0.717, 1.165) is 24.8 Å². The number of carboxylic acid groups (broad SMARTS) is 1. The number of rotatable bonds is 4. The molecule has 2 rings (SSSR count). The number of hydrogen-bond donors (Lipinski definition) is 1. The fourth-order valence-corrected chi connectivity index (χ4v) is 2.95. The summed E-state index contributed by atoms with van der Waals surface area (Å²) in [6, 6.07) is 4.64. The van der Waals surface area contributed by atoms with Crippen molar-refractivity contribution >= 4 is 5.97 Å². The Hall–Kier alpha value is -1.42. The molecule has 0 bridgehead atoms. The first-order valence-electron chi connectivity index (χ1n) is 6.61. The van der Waals surface area contributed by atoms with E-state index in [4.69, 9.17) is 4.74 Å². The van der Waals surface area contributed by atoms with Crippen molar-refractivity contribution in [1.29, 1.82) is 0 Å². The summed E-state index contributed by atoms with van der Waals surface area (Å²) in [6.45, 7) is 0.364. The Kier molecular flexibility index (Phi) is 4.20. The lowest BCUT2D eigenvalue weighted by Crippen LogP contribution is -2.38. The van der Waals surface area contributed by atoms with Gasteiger partial charge in [0.05, 0.1) is 12.0 Å². The Labute approximate surface area is 112 Å². The van der Waals surface area contributed by atoms with Gasteiger partial charge in [-0.2, -0.15) is 0 Å². The fourth-order valence-electron chi connectivity index (χ4n) is 2.95. The van der Waals surface area contributed by atoms with Crippen molar-refractivity contribution in [1.82, 2.24) is 0 Å². The highest BCUT2D eigenvalue weighted by Crippen LogP contribution is 2.41. The van der Waals surface area contributed by atoms with Crippen molar-refractivity contribution in [3.05, 3.63) is 35.1 Å². The van der Waals surface area contributed by atoms with Gasteiger partial charge in [-0.05, 0) is 30.5 Å². The standard InChI is InChI=1S/C15H19FO3/c1-19-10-11-5-6-13(16)12(9-11)15(14(17)18)7-3-2-4-8-15/h5-6,9H,2-4,7-8,10H2,1H3,(H,17,18). The summed E-state index contributed by atoms with van der Waals surface area (Å²) in [4.78, 5) is 11.7. The molecule has 0 unspecified atom stereocenters. The number of benzene rings is 1. The van der Waals surface area contributed by atoms with Gasteiger partial charge in [0.25, 0.3) is 0 Å². The van der Waals surface area contributed by atoms with E-state index in [2.05, 4.69) is 0 Å². The quantitative estimate of drug-likeness (QED) is 0.909. The van der Waals surface area contributed by atoms with Crippen molar-refractivity contribution in [2.45, 2.75) is 44.1 Å². The van der Waals surface area contributed by atoms with Gasteiger partial charge in [0.2, 0.25) is 0 Å². The molecule has 0 atom stereocenters. The molecule has 1 aliphatic carbocycles. The minimum atomic E-state index is -1.06. The average Bonchev–Trinajstić information content (AvgIpc) is 2.42. The van der Waals surface area contributed by atoms with E-state index in [9.17, 15) is 14.3 Å². The Balaban J connectivity index is 2.46. The monoisotopic (exact) mass is 266 g/mol. The first-order chi connectivity index (χ1) is 9.10. The summed E-state index contributed by atoms with van der Waals surface area (Å²) in [5, 5.41) is 9.59. The normalized spacial score (nSPS) is 18.2. The maximum atomic E-state index is 14.1. The topological polar surface area (TPSA) is 46.5 Å². The van der Waals surface area contributed by atoms with Gasteiger partial charge < -0.3 is 9.84 Å². The van der Waals surface area contributed by atoms with Crippen LogP contribution in [-0.4, -0.2) is 18.2 Å². The van der Waals surface area contributed by atoms with Crippen molar-refractivity contribution in [3.8, 4) is 0 Å². The maximum absolute atomic E-state index is 14.1. The molecule has 0 aromatic heterocycles. The van der Waals surface area contributed by atoms with E-state index in [1.54, 1.807) is 19.2 Å². The van der Waals surface area contributed by atoms with Crippen LogP contribution in [0.2, 0.25) is 0 Å². The molecule has 0 saturated heterocycles. The zero-order chi connectivity index (χ0) is 13.9. The second-order valence-electron chi connectivity index (χ2n) is 5.20. The van der Waals surface area contributed by atoms with Crippen LogP contribution < -0.4 is 0 Å². The number of methoxy groups -OCH3 is 1. The fraction of sp³-hybridized carbons (Fsp3) is 0.533. The molecular weight excluding hydrogens is 247 g/mol. The highest BCUT2D eigenvalue weighted by molar-refractivity contribution is 5.81. The van der Waals surface area contributed by atoms with Gasteiger partial charge in [0.15, 0.2) is 0 Å². The third-order valence-corrected chi connectivity index (χ3v) is 3.97. The smallest absolute Gasteiger partial charge is 0.314 e. The molecule has 3 nitrogen and oxygen atoms in total. The molecule has 1 N–H and O–H groups in total. The third-order valence-electron chi connectivity index (χ3n) is 3.97. The van der Waals surface area contributed by atoms with Crippen LogP contribution in [0.1, 0.15) is 43.2 Å². The lowest BCUT2D eigenvalue weighted by molar-refractivity contribution is -0.145. The summed E-state index contributed by atoms with van der Waals surface area (Å²) < 4.78 is 19.1. The number of halogens is 1. The van der Waals surface area contributed by atoms with E-state index >= 15 is 0 Å². The molecule has 0 heterocycles. The predicted octanol–water partition coefficient (Wildman–Crippen LogP) is 3.26. The molecule has 19 heavy (non-hydrogen) atoms. The number of ether oxygens (including phenoxy) is 1. The first-order valence-corrected chi connectivity index (χ1v) is 6.61. The molecule has 0 radical (unpaired) electrons. The molecule has 0 spiro atoms. The SMILES string of the molecule is COCc1ccc(F)c(C2(C(=O)O)CCCCC2)c1. The van der Waals surface area contributed by atoms with Gasteiger partial charge in [0, 0.05) is 12.7 Å². The van der Waals surface area contributed by atoms with Gasteiger partial charge >= 0.3 is 5.97 Å². The maximum Gasteiger partial charge on any atom is 0.314 e. The molecule has 1 saturated carbocycles. The van der Waals surface area contributed by atoms with Crippen LogP contribution in [-0.2, 0) is 21.6 Å². The van der Waals surface area contributed by atoms with Gasteiger partial charge in [0.1, 0.15) is 5.82 Å². The summed E-state index contributed by atoms with van der Waals surface area (Å²) >= 11 is 0. The van der Waals surface area contributed by atoms with Gasteiger partial charge in [-0.1, -0.05) is 25.3 Å². The van der Waals surface area contributed by atoms with Crippen LogP contribution in [0.4, 0.5) is 4.39 Å². The minimum absolute atomic E-state index is 0.314. The molecule has 4 heteroatoms. The molecule has 1 fully saturated rings. The van der Waals surface area contributed by atoms with Crippen LogP contribution in [0.15, 0.2) is 18.2 Å². The summed E-state index contributed by atoms with van der Waals surface area (Å²) in [7, 11) is 1.57. The van der Waals surface area contributed by atoms with E-state index in [0.29, 0.717) is 25.0 Å².